The van der Waals surface area contributed by atoms with Crippen LogP contribution in [0, 0.1) is 24.0 Å². The molecule has 0 saturated heterocycles. The summed E-state index contributed by atoms with van der Waals surface area (Å²) in [6.07, 6.45) is 1.57. The Labute approximate surface area is 122 Å². The van der Waals surface area contributed by atoms with E-state index < -0.39 is 4.92 Å². The normalized spacial score (nSPS) is 12.0. The first-order valence-corrected chi connectivity index (χ1v) is 6.54. The highest BCUT2D eigenvalue weighted by Crippen LogP contribution is 2.36. The molecule has 0 aliphatic rings. The summed E-state index contributed by atoms with van der Waals surface area (Å²) in [5.41, 5.74) is 7.99. The molecule has 110 valence electrons. The van der Waals surface area contributed by atoms with Gasteiger partial charge in [-0.25, -0.2) is 4.98 Å². The molecule has 6 heteroatoms. The van der Waals surface area contributed by atoms with Crippen LogP contribution in [-0.4, -0.2) is 9.91 Å². The van der Waals surface area contributed by atoms with Gasteiger partial charge in [0, 0.05) is 23.9 Å². The summed E-state index contributed by atoms with van der Waals surface area (Å²) in [7, 11) is 0. The molecule has 0 radical (unpaired) electrons. The van der Waals surface area contributed by atoms with Gasteiger partial charge in [-0.05, 0) is 38.0 Å². The fourth-order valence-corrected chi connectivity index (χ4v) is 2.13. The van der Waals surface area contributed by atoms with Crippen molar-refractivity contribution in [2.45, 2.75) is 26.8 Å². The summed E-state index contributed by atoms with van der Waals surface area (Å²) in [5.74, 6) is 0.494. The minimum Gasteiger partial charge on any atom is -0.431 e. The molecule has 0 saturated carbocycles. The number of hydrogen-bond donors (Lipinski definition) is 1. The van der Waals surface area contributed by atoms with Crippen LogP contribution in [0.15, 0.2) is 30.5 Å². The van der Waals surface area contributed by atoms with Crippen molar-refractivity contribution in [3.63, 3.8) is 0 Å². The number of ether oxygens (including phenoxy) is 1. The summed E-state index contributed by atoms with van der Waals surface area (Å²) < 4.78 is 5.72. The average molecular weight is 287 g/mol. The lowest BCUT2D eigenvalue weighted by Gasteiger charge is -2.14. The van der Waals surface area contributed by atoms with Gasteiger partial charge in [-0.2, -0.15) is 0 Å². The van der Waals surface area contributed by atoms with Gasteiger partial charge in [0.15, 0.2) is 0 Å². The fraction of sp³-hybridized carbons (Fsp3) is 0.267. The Morgan fingerprint density at radius 3 is 2.71 bits per heavy atom. The number of pyridine rings is 1. The molecule has 1 aromatic heterocycles. The highest BCUT2D eigenvalue weighted by Gasteiger charge is 2.21. The lowest BCUT2D eigenvalue weighted by molar-refractivity contribution is -0.385. The van der Waals surface area contributed by atoms with Gasteiger partial charge < -0.3 is 10.5 Å². The van der Waals surface area contributed by atoms with Crippen molar-refractivity contribution in [3.05, 3.63) is 57.3 Å². The predicted molar refractivity (Wildman–Crippen MR) is 79.5 cm³/mol. The first kappa shape index (κ1) is 14.9. The lowest BCUT2D eigenvalue weighted by atomic mass is 10.1. The van der Waals surface area contributed by atoms with E-state index in [9.17, 15) is 10.1 Å². The zero-order valence-corrected chi connectivity index (χ0v) is 12.2. The maximum Gasteiger partial charge on any atom is 0.312 e. The van der Waals surface area contributed by atoms with Crippen molar-refractivity contribution < 1.29 is 9.66 Å². The van der Waals surface area contributed by atoms with Gasteiger partial charge in [0.2, 0.25) is 11.6 Å². The standard InChI is InChI=1S/C15H17N3O3/c1-9-7-10(2)14(13(8-9)18(19)20)21-15-12(11(3)16)5-4-6-17-15/h4-8,11H,16H2,1-3H3/t11-/m0/s1. The summed E-state index contributed by atoms with van der Waals surface area (Å²) in [6.45, 7) is 5.38. The number of rotatable bonds is 4. The highest BCUT2D eigenvalue weighted by atomic mass is 16.6. The van der Waals surface area contributed by atoms with Crippen LogP contribution in [-0.2, 0) is 0 Å². The number of aryl methyl sites for hydroxylation is 2. The van der Waals surface area contributed by atoms with Gasteiger partial charge in [-0.3, -0.25) is 10.1 Å². The van der Waals surface area contributed by atoms with Crippen molar-refractivity contribution in [1.29, 1.82) is 0 Å². The number of aromatic nitrogens is 1. The first-order valence-electron chi connectivity index (χ1n) is 6.54. The molecule has 2 rings (SSSR count). The van der Waals surface area contributed by atoms with E-state index in [0.717, 1.165) is 5.56 Å². The Bertz CT molecular complexity index is 684. The second kappa shape index (κ2) is 5.88. The van der Waals surface area contributed by atoms with Crippen LogP contribution in [0.3, 0.4) is 0 Å². The van der Waals surface area contributed by atoms with Crippen molar-refractivity contribution in [1.82, 2.24) is 4.98 Å². The second-order valence-electron chi connectivity index (χ2n) is 4.98. The number of nitro benzene ring substituents is 1. The smallest absolute Gasteiger partial charge is 0.312 e. The third kappa shape index (κ3) is 3.17. The topological polar surface area (TPSA) is 91.3 Å². The summed E-state index contributed by atoms with van der Waals surface area (Å²) in [6, 6.07) is 6.58. The van der Waals surface area contributed by atoms with Crippen LogP contribution >= 0.6 is 0 Å². The maximum absolute atomic E-state index is 11.2. The van der Waals surface area contributed by atoms with E-state index in [4.69, 9.17) is 10.5 Å². The molecule has 6 nitrogen and oxygen atoms in total. The molecule has 1 aromatic carbocycles. The molecule has 0 aliphatic heterocycles. The SMILES string of the molecule is Cc1cc(C)c(Oc2ncccc2[C@H](C)N)c([N+](=O)[O-])c1. The van der Waals surface area contributed by atoms with E-state index >= 15 is 0 Å². The molecule has 0 unspecified atom stereocenters. The molecule has 2 N–H and O–H groups in total. The van der Waals surface area contributed by atoms with Gasteiger partial charge in [-0.15, -0.1) is 0 Å². The molecule has 21 heavy (non-hydrogen) atoms. The number of benzene rings is 1. The van der Waals surface area contributed by atoms with E-state index in [0.29, 0.717) is 17.0 Å². The molecule has 1 heterocycles. The number of nitro groups is 1. The largest absolute Gasteiger partial charge is 0.431 e. The molecular weight excluding hydrogens is 270 g/mol. The van der Waals surface area contributed by atoms with Crippen LogP contribution in [0.1, 0.15) is 29.7 Å². The van der Waals surface area contributed by atoms with Crippen molar-refractivity contribution in [2.75, 3.05) is 0 Å². The number of nitrogens with zero attached hydrogens (tertiary/aromatic N) is 2. The molecule has 0 aliphatic carbocycles. The Kier molecular flexibility index (Phi) is 4.18. The highest BCUT2D eigenvalue weighted by molar-refractivity contribution is 5.55. The zero-order chi connectivity index (χ0) is 15.6. The van der Waals surface area contributed by atoms with E-state index in [1.54, 1.807) is 39.1 Å². The van der Waals surface area contributed by atoms with Crippen LogP contribution in [0.4, 0.5) is 5.69 Å². The van der Waals surface area contributed by atoms with Gasteiger partial charge in [0.1, 0.15) is 0 Å². The van der Waals surface area contributed by atoms with E-state index in [1.165, 1.54) is 6.07 Å². The van der Waals surface area contributed by atoms with Gasteiger partial charge >= 0.3 is 5.69 Å². The molecule has 2 aromatic rings. The van der Waals surface area contributed by atoms with E-state index in [1.807, 2.05) is 6.07 Å². The van der Waals surface area contributed by atoms with Crippen LogP contribution in [0.25, 0.3) is 0 Å². The summed E-state index contributed by atoms with van der Waals surface area (Å²) in [5, 5.41) is 11.2. The number of hydrogen-bond acceptors (Lipinski definition) is 5. The first-order chi connectivity index (χ1) is 9.90. The Morgan fingerprint density at radius 2 is 2.10 bits per heavy atom. The lowest BCUT2D eigenvalue weighted by Crippen LogP contribution is -2.08. The van der Waals surface area contributed by atoms with Crippen molar-refractivity contribution in [3.8, 4) is 11.6 Å². The minimum atomic E-state index is -0.455. The van der Waals surface area contributed by atoms with Gasteiger partial charge in [0.05, 0.1) is 4.92 Å². The molecule has 1 atom stereocenters. The predicted octanol–water partition coefficient (Wildman–Crippen LogP) is 3.42. The molecule has 0 spiro atoms. The Morgan fingerprint density at radius 1 is 1.38 bits per heavy atom. The Balaban J connectivity index is 2.52. The summed E-state index contributed by atoms with van der Waals surface area (Å²) >= 11 is 0. The number of nitrogens with two attached hydrogens (primary N) is 1. The Hall–Kier alpha value is -2.47. The summed E-state index contributed by atoms with van der Waals surface area (Å²) in [4.78, 5) is 14.9. The fourth-order valence-electron chi connectivity index (χ4n) is 2.13. The van der Waals surface area contributed by atoms with Crippen LogP contribution < -0.4 is 10.5 Å². The van der Waals surface area contributed by atoms with Crippen molar-refractivity contribution >= 4 is 5.69 Å². The van der Waals surface area contributed by atoms with Crippen LogP contribution in [0.2, 0.25) is 0 Å². The van der Waals surface area contributed by atoms with Gasteiger partial charge in [0.25, 0.3) is 0 Å². The third-order valence-electron chi connectivity index (χ3n) is 3.09. The molecular formula is C15H17N3O3. The van der Waals surface area contributed by atoms with Gasteiger partial charge in [-0.1, -0.05) is 12.1 Å². The molecule has 0 fully saturated rings. The quantitative estimate of drug-likeness (QED) is 0.687. The molecule has 0 amide bonds. The third-order valence-corrected chi connectivity index (χ3v) is 3.09. The average Bonchev–Trinajstić information content (AvgIpc) is 2.41. The van der Waals surface area contributed by atoms with Crippen molar-refractivity contribution in [2.24, 2.45) is 5.73 Å². The van der Waals surface area contributed by atoms with Crippen LogP contribution in [0.5, 0.6) is 11.6 Å². The minimum absolute atomic E-state index is 0.0752. The zero-order valence-electron chi connectivity index (χ0n) is 12.2. The van der Waals surface area contributed by atoms with E-state index in [-0.39, 0.29) is 17.5 Å². The maximum atomic E-state index is 11.2. The second-order valence-corrected chi connectivity index (χ2v) is 4.98. The van der Waals surface area contributed by atoms with E-state index in [2.05, 4.69) is 4.98 Å². The molecule has 0 bridgehead atoms. The monoisotopic (exact) mass is 287 g/mol.